The van der Waals surface area contributed by atoms with Crippen molar-refractivity contribution in [1.82, 2.24) is 0 Å². The van der Waals surface area contributed by atoms with Gasteiger partial charge in [-0.3, -0.25) is 9.59 Å². The van der Waals surface area contributed by atoms with Gasteiger partial charge in [-0.05, 0) is 121 Å². The summed E-state index contributed by atoms with van der Waals surface area (Å²) in [6, 6.07) is 37.9. The fourth-order valence-electron chi connectivity index (χ4n) is 8.70. The molecule has 0 saturated carbocycles. The van der Waals surface area contributed by atoms with Gasteiger partial charge in [-0.2, -0.15) is 0 Å². The Morgan fingerprint density at radius 1 is 0.500 bits per heavy atom. The highest BCUT2D eigenvalue weighted by Crippen LogP contribution is 2.48. The quantitative estimate of drug-likeness (QED) is 0.0710. The number of para-hydroxylation sites is 2. The van der Waals surface area contributed by atoms with E-state index >= 15 is 0 Å². The number of aromatic hydroxyl groups is 4. The maximum atomic E-state index is 13.2. The Balaban J connectivity index is 0.000000186. The predicted molar refractivity (Wildman–Crippen MR) is 230 cm³/mol. The molecular formula is C50H48F2N2O8. The van der Waals surface area contributed by atoms with Gasteiger partial charge in [0.1, 0.15) is 34.6 Å². The molecule has 2 fully saturated rings. The van der Waals surface area contributed by atoms with E-state index in [1.807, 2.05) is 60.7 Å². The lowest BCUT2D eigenvalue weighted by atomic mass is 9.87. The van der Waals surface area contributed by atoms with E-state index in [9.17, 15) is 49.0 Å². The van der Waals surface area contributed by atoms with Crippen molar-refractivity contribution in [3.05, 3.63) is 179 Å². The second kappa shape index (κ2) is 19.3. The summed E-state index contributed by atoms with van der Waals surface area (Å²) < 4.78 is 26.3. The van der Waals surface area contributed by atoms with E-state index in [1.54, 1.807) is 46.2 Å². The number of carbonyl (C=O) groups excluding carboxylic acids is 2. The van der Waals surface area contributed by atoms with Gasteiger partial charge in [0.25, 0.3) is 0 Å². The SMILES string of the molecule is O=C1C[C@@H](CC[C@H](O)c2ccc(F)cc2)[C@@H](c2ccc(O)cc2O)N1c1ccccc1.O=C1C[C@H](CC[C@H](O)c2ccc(F)cc2)[C@@H](c2ccc(O)cc2O)N1c1ccccc1. The van der Waals surface area contributed by atoms with Crippen LogP contribution in [0, 0.1) is 23.5 Å². The number of aliphatic hydroxyl groups is 2. The molecule has 0 spiro atoms. The zero-order valence-electron chi connectivity index (χ0n) is 33.7. The lowest BCUT2D eigenvalue weighted by Gasteiger charge is -2.30. The fourth-order valence-corrected chi connectivity index (χ4v) is 8.70. The molecule has 10 nitrogen and oxygen atoms in total. The van der Waals surface area contributed by atoms with E-state index in [4.69, 9.17) is 0 Å². The van der Waals surface area contributed by atoms with Crippen LogP contribution in [0.3, 0.4) is 0 Å². The van der Waals surface area contributed by atoms with Gasteiger partial charge >= 0.3 is 0 Å². The first-order chi connectivity index (χ1) is 29.9. The summed E-state index contributed by atoms with van der Waals surface area (Å²) in [6.07, 6.45) is 0.817. The first kappa shape index (κ1) is 43.3. The first-order valence-corrected chi connectivity index (χ1v) is 20.5. The molecule has 6 aromatic rings. The summed E-state index contributed by atoms with van der Waals surface area (Å²) in [5.41, 5.74) is 3.80. The number of benzene rings is 6. The van der Waals surface area contributed by atoms with Crippen molar-refractivity contribution in [1.29, 1.82) is 0 Å². The number of hydrogen-bond acceptors (Lipinski definition) is 8. The highest BCUT2D eigenvalue weighted by molar-refractivity contribution is 5.97. The second-order valence-electron chi connectivity index (χ2n) is 15.8. The summed E-state index contributed by atoms with van der Waals surface area (Å²) in [5, 5.41) is 61.6. The van der Waals surface area contributed by atoms with Crippen LogP contribution in [0.4, 0.5) is 20.2 Å². The van der Waals surface area contributed by atoms with E-state index in [0.29, 0.717) is 47.9 Å². The van der Waals surface area contributed by atoms with Gasteiger partial charge in [0.15, 0.2) is 0 Å². The molecule has 0 unspecified atom stereocenters. The normalized spacial score (nSPS) is 19.5. The fraction of sp³-hybridized carbons (Fsp3) is 0.240. The summed E-state index contributed by atoms with van der Waals surface area (Å²) in [5.74, 6) is -1.43. The van der Waals surface area contributed by atoms with Crippen molar-refractivity contribution < 1.29 is 49.0 Å². The Labute approximate surface area is 358 Å². The van der Waals surface area contributed by atoms with Gasteiger partial charge in [0, 0.05) is 47.5 Å². The molecule has 2 aliphatic heterocycles. The van der Waals surface area contributed by atoms with E-state index < -0.39 is 24.3 Å². The zero-order chi connectivity index (χ0) is 43.9. The lowest BCUT2D eigenvalue weighted by molar-refractivity contribution is -0.118. The average Bonchev–Trinajstić information content (AvgIpc) is 3.77. The molecule has 2 saturated heterocycles. The van der Waals surface area contributed by atoms with Crippen molar-refractivity contribution in [3.63, 3.8) is 0 Å². The van der Waals surface area contributed by atoms with Crippen LogP contribution in [0.2, 0.25) is 0 Å². The Morgan fingerprint density at radius 2 is 0.855 bits per heavy atom. The van der Waals surface area contributed by atoms with Gasteiger partial charge in [0.2, 0.25) is 11.8 Å². The largest absolute Gasteiger partial charge is 0.508 e. The molecule has 2 amide bonds. The number of carbonyl (C=O) groups is 2. The third kappa shape index (κ3) is 9.88. The van der Waals surface area contributed by atoms with Crippen LogP contribution in [-0.4, -0.2) is 42.5 Å². The maximum absolute atomic E-state index is 13.2. The van der Waals surface area contributed by atoms with E-state index in [1.165, 1.54) is 48.5 Å². The third-order valence-corrected chi connectivity index (χ3v) is 11.7. The van der Waals surface area contributed by atoms with Crippen molar-refractivity contribution in [2.75, 3.05) is 9.80 Å². The number of amides is 2. The maximum Gasteiger partial charge on any atom is 0.227 e. The van der Waals surface area contributed by atoms with Crippen molar-refractivity contribution in [3.8, 4) is 23.0 Å². The summed E-state index contributed by atoms with van der Waals surface area (Å²) in [6.45, 7) is 0. The van der Waals surface area contributed by atoms with Gasteiger partial charge in [-0.25, -0.2) is 8.78 Å². The van der Waals surface area contributed by atoms with Crippen molar-refractivity contribution >= 4 is 23.2 Å². The zero-order valence-corrected chi connectivity index (χ0v) is 33.7. The summed E-state index contributed by atoms with van der Waals surface area (Å²) >= 11 is 0. The molecule has 12 heteroatoms. The Kier molecular flexibility index (Phi) is 13.5. The minimum Gasteiger partial charge on any atom is -0.508 e. The second-order valence-corrected chi connectivity index (χ2v) is 15.8. The minimum absolute atomic E-state index is 0.0554. The number of anilines is 2. The number of hydrogen-bond donors (Lipinski definition) is 6. The number of phenols is 4. The minimum atomic E-state index is -0.782. The standard InChI is InChI=1S/2C25H24FNO4/c2*26-18-9-6-16(7-10-18)22(29)13-8-17-14-24(31)27(19-4-2-1-3-5-19)25(17)21-12-11-20(28)15-23(21)30/h2*1-7,9-12,15,17,22,25,28-30H,8,13-14H2/t17-,22+,25+;17-,22-,25-/m10/s1. The lowest BCUT2D eigenvalue weighted by Crippen LogP contribution is -2.28. The van der Waals surface area contributed by atoms with Gasteiger partial charge in [-0.15, -0.1) is 0 Å². The van der Waals surface area contributed by atoms with E-state index in [0.717, 1.165) is 11.4 Å². The van der Waals surface area contributed by atoms with Crippen LogP contribution in [-0.2, 0) is 9.59 Å². The number of aliphatic hydroxyl groups excluding tert-OH is 2. The molecule has 6 aromatic carbocycles. The van der Waals surface area contributed by atoms with E-state index in [-0.39, 0.29) is 71.1 Å². The smallest absolute Gasteiger partial charge is 0.227 e. The van der Waals surface area contributed by atoms with Crippen LogP contribution < -0.4 is 9.80 Å². The third-order valence-electron chi connectivity index (χ3n) is 11.7. The average molecular weight is 843 g/mol. The molecule has 6 N–H and O–H groups in total. The number of rotatable bonds is 12. The highest BCUT2D eigenvalue weighted by atomic mass is 19.1. The van der Waals surface area contributed by atoms with Crippen LogP contribution >= 0.6 is 0 Å². The van der Waals surface area contributed by atoms with Crippen LogP contribution in [0.15, 0.2) is 146 Å². The van der Waals surface area contributed by atoms with Gasteiger partial charge in [0.05, 0.1) is 24.3 Å². The summed E-state index contributed by atoms with van der Waals surface area (Å²) in [7, 11) is 0. The molecule has 2 heterocycles. The predicted octanol–water partition coefficient (Wildman–Crippen LogP) is 9.69. The molecule has 0 radical (unpaired) electrons. The van der Waals surface area contributed by atoms with Crippen LogP contribution in [0.25, 0.3) is 0 Å². The molecule has 2 aliphatic rings. The molecular weight excluding hydrogens is 795 g/mol. The Bertz CT molecular complexity index is 2280. The van der Waals surface area contributed by atoms with Crippen molar-refractivity contribution in [2.45, 2.75) is 62.8 Å². The van der Waals surface area contributed by atoms with Gasteiger partial charge in [-0.1, -0.05) is 60.7 Å². The first-order valence-electron chi connectivity index (χ1n) is 20.5. The summed E-state index contributed by atoms with van der Waals surface area (Å²) in [4.78, 5) is 29.3. The molecule has 8 rings (SSSR count). The van der Waals surface area contributed by atoms with Crippen molar-refractivity contribution in [2.24, 2.45) is 11.8 Å². The Morgan fingerprint density at radius 3 is 1.19 bits per heavy atom. The molecule has 62 heavy (non-hydrogen) atoms. The van der Waals surface area contributed by atoms with E-state index in [2.05, 4.69) is 0 Å². The molecule has 0 aromatic heterocycles. The topological polar surface area (TPSA) is 162 Å². The molecule has 0 bridgehead atoms. The number of halogens is 2. The number of phenolic OH excluding ortho intramolecular Hbond substituents is 4. The Hall–Kier alpha value is -6.76. The number of nitrogens with zero attached hydrogens (tertiary/aromatic N) is 2. The monoisotopic (exact) mass is 842 g/mol. The van der Waals surface area contributed by atoms with Gasteiger partial charge < -0.3 is 40.4 Å². The van der Waals surface area contributed by atoms with Crippen LogP contribution in [0.1, 0.15) is 85.1 Å². The highest BCUT2D eigenvalue weighted by Gasteiger charge is 2.44. The molecule has 0 aliphatic carbocycles. The molecule has 320 valence electrons. The van der Waals surface area contributed by atoms with Crippen LogP contribution in [0.5, 0.6) is 23.0 Å². The molecule has 6 atom stereocenters.